The van der Waals surface area contributed by atoms with Gasteiger partial charge in [0.25, 0.3) is 15.9 Å². The number of anilines is 2. The van der Waals surface area contributed by atoms with Gasteiger partial charge in [-0.25, -0.2) is 8.42 Å². The van der Waals surface area contributed by atoms with Gasteiger partial charge in [-0.15, -0.1) is 0 Å². The number of piperazine rings is 1. The number of carbonyl (C=O) groups excluding carboxylic acids is 1. The van der Waals surface area contributed by atoms with Gasteiger partial charge in [-0.1, -0.05) is 23.7 Å². The van der Waals surface area contributed by atoms with Gasteiger partial charge in [0.2, 0.25) is 0 Å². The second kappa shape index (κ2) is 10.6. The smallest absolute Gasteiger partial charge is 0.368 e. The van der Waals surface area contributed by atoms with Crippen LogP contribution in [0.1, 0.15) is 21.5 Å². The Balaban J connectivity index is 1.49. The van der Waals surface area contributed by atoms with Crippen molar-refractivity contribution in [2.45, 2.75) is 17.2 Å². The minimum atomic E-state index is -4.67. The van der Waals surface area contributed by atoms with Crippen molar-refractivity contribution in [2.24, 2.45) is 0 Å². The van der Waals surface area contributed by atoms with Crippen molar-refractivity contribution in [3.63, 3.8) is 0 Å². The van der Waals surface area contributed by atoms with Crippen LogP contribution in [0.15, 0.2) is 71.6 Å². The number of halogens is 7. The fourth-order valence-corrected chi connectivity index (χ4v) is 5.30. The Morgan fingerprint density at radius 3 is 2.00 bits per heavy atom. The van der Waals surface area contributed by atoms with Gasteiger partial charge >= 0.3 is 12.4 Å². The molecule has 6 nitrogen and oxygen atoms in total. The first kappa shape index (κ1) is 28.6. The van der Waals surface area contributed by atoms with E-state index in [0.29, 0.717) is 11.8 Å². The highest BCUT2D eigenvalue weighted by molar-refractivity contribution is 7.92. The Labute approximate surface area is 224 Å². The average Bonchev–Trinajstić information content (AvgIpc) is 2.87. The fraction of sp³-hybridized carbons (Fsp3) is 0.240. The van der Waals surface area contributed by atoms with Gasteiger partial charge in [0.15, 0.2) is 0 Å². The SMILES string of the molecule is O=C(c1cc(S(=O)(=O)Nc2cccc(C(F)(F)F)c2)ccc1Cl)N1CCN(c2cccc(C(F)(F)F)c2)CC1. The summed E-state index contributed by atoms with van der Waals surface area (Å²) in [6.07, 6.45) is -9.17. The molecule has 1 fully saturated rings. The van der Waals surface area contributed by atoms with E-state index >= 15 is 0 Å². The number of sulfonamides is 1. The van der Waals surface area contributed by atoms with Crippen LogP contribution in [0, 0.1) is 0 Å². The quantitative estimate of drug-likeness (QED) is 0.362. The number of amides is 1. The maximum Gasteiger partial charge on any atom is 0.416 e. The molecule has 208 valence electrons. The summed E-state index contributed by atoms with van der Waals surface area (Å²) < 4.78 is 106. The van der Waals surface area contributed by atoms with Gasteiger partial charge < -0.3 is 9.80 Å². The number of hydrogen-bond donors (Lipinski definition) is 1. The first-order valence-electron chi connectivity index (χ1n) is 11.4. The van der Waals surface area contributed by atoms with Crippen molar-refractivity contribution in [2.75, 3.05) is 35.8 Å². The molecule has 0 atom stereocenters. The Hall–Kier alpha value is -3.45. The second-order valence-corrected chi connectivity index (χ2v) is 10.7. The lowest BCUT2D eigenvalue weighted by atomic mass is 10.1. The lowest BCUT2D eigenvalue weighted by Gasteiger charge is -2.36. The summed E-state index contributed by atoms with van der Waals surface area (Å²) in [5.41, 5.74) is -1.95. The maximum atomic E-state index is 13.2. The van der Waals surface area contributed by atoms with E-state index in [9.17, 15) is 39.6 Å². The van der Waals surface area contributed by atoms with E-state index in [4.69, 9.17) is 11.6 Å². The van der Waals surface area contributed by atoms with Crippen LogP contribution in [0.4, 0.5) is 37.7 Å². The average molecular weight is 592 g/mol. The van der Waals surface area contributed by atoms with Crippen molar-refractivity contribution in [1.29, 1.82) is 0 Å². The zero-order chi connectivity index (χ0) is 28.6. The van der Waals surface area contributed by atoms with Crippen LogP contribution >= 0.6 is 11.6 Å². The highest BCUT2D eigenvalue weighted by atomic mass is 35.5. The lowest BCUT2D eigenvalue weighted by Crippen LogP contribution is -2.49. The van der Waals surface area contributed by atoms with Crippen molar-refractivity contribution >= 4 is 38.9 Å². The standard InChI is InChI=1S/C25H20ClF6N3O3S/c26-22-8-7-20(39(37,38)33-18-5-1-3-16(13-18)24(27,28)29)15-21(22)23(36)35-11-9-34(10-12-35)19-6-2-4-17(14-19)25(30,31)32/h1-8,13-15,33H,9-12H2. The molecule has 0 spiro atoms. The number of alkyl halides is 6. The minimum Gasteiger partial charge on any atom is -0.368 e. The van der Waals surface area contributed by atoms with Crippen LogP contribution in [-0.4, -0.2) is 45.4 Å². The second-order valence-electron chi connectivity index (χ2n) is 8.65. The third kappa shape index (κ3) is 6.59. The normalized spacial score (nSPS) is 14.8. The first-order valence-corrected chi connectivity index (χ1v) is 13.2. The van der Waals surface area contributed by atoms with E-state index < -0.39 is 44.3 Å². The first-order chi connectivity index (χ1) is 18.1. The molecule has 39 heavy (non-hydrogen) atoms. The van der Waals surface area contributed by atoms with E-state index in [1.165, 1.54) is 23.1 Å². The Bertz CT molecular complexity index is 1490. The van der Waals surface area contributed by atoms with Crippen LogP contribution in [-0.2, 0) is 22.4 Å². The molecule has 4 rings (SSSR count). The molecule has 1 heterocycles. The van der Waals surface area contributed by atoms with Gasteiger partial charge in [-0.3, -0.25) is 9.52 Å². The van der Waals surface area contributed by atoms with E-state index in [-0.39, 0.29) is 42.5 Å². The molecular formula is C25H20ClF6N3O3S. The zero-order valence-electron chi connectivity index (χ0n) is 19.9. The molecule has 3 aromatic rings. The van der Waals surface area contributed by atoms with Gasteiger partial charge in [0.1, 0.15) is 0 Å². The number of benzene rings is 3. The Morgan fingerprint density at radius 2 is 1.38 bits per heavy atom. The summed E-state index contributed by atoms with van der Waals surface area (Å²) in [6.45, 7) is 0.704. The fourth-order valence-electron chi connectivity index (χ4n) is 4.03. The lowest BCUT2D eigenvalue weighted by molar-refractivity contribution is -0.138. The van der Waals surface area contributed by atoms with E-state index in [1.807, 2.05) is 0 Å². The molecule has 0 aliphatic carbocycles. The monoisotopic (exact) mass is 591 g/mol. The third-order valence-electron chi connectivity index (χ3n) is 6.03. The molecule has 1 N–H and O–H groups in total. The van der Waals surface area contributed by atoms with Gasteiger partial charge in [-0.2, -0.15) is 26.3 Å². The van der Waals surface area contributed by atoms with Crippen LogP contribution in [0.3, 0.4) is 0 Å². The van der Waals surface area contributed by atoms with E-state index in [1.54, 1.807) is 4.90 Å². The predicted octanol–water partition coefficient (Wildman–Crippen LogP) is 6.14. The van der Waals surface area contributed by atoms with Crippen LogP contribution in [0.25, 0.3) is 0 Å². The molecule has 1 saturated heterocycles. The molecular weight excluding hydrogens is 572 g/mol. The van der Waals surface area contributed by atoms with E-state index in [0.717, 1.165) is 42.5 Å². The number of nitrogens with zero attached hydrogens (tertiary/aromatic N) is 2. The van der Waals surface area contributed by atoms with Crippen LogP contribution in [0.5, 0.6) is 0 Å². The molecule has 1 aliphatic rings. The molecule has 0 radical (unpaired) electrons. The van der Waals surface area contributed by atoms with Crippen LogP contribution < -0.4 is 9.62 Å². The van der Waals surface area contributed by atoms with Crippen molar-refractivity contribution in [3.05, 3.63) is 88.4 Å². The van der Waals surface area contributed by atoms with Gasteiger partial charge in [-0.05, 0) is 54.6 Å². The molecule has 1 amide bonds. The van der Waals surface area contributed by atoms with Gasteiger partial charge in [0.05, 0.1) is 26.6 Å². The molecule has 0 unspecified atom stereocenters. The predicted molar refractivity (Wildman–Crippen MR) is 133 cm³/mol. The number of nitrogens with one attached hydrogen (secondary N) is 1. The van der Waals surface area contributed by atoms with Gasteiger partial charge in [0, 0.05) is 37.6 Å². The summed E-state index contributed by atoms with van der Waals surface area (Å²) in [7, 11) is -4.39. The Kier molecular flexibility index (Phi) is 7.77. The molecule has 0 saturated carbocycles. The summed E-state index contributed by atoms with van der Waals surface area (Å²) in [4.78, 5) is 15.9. The van der Waals surface area contributed by atoms with Crippen molar-refractivity contribution in [1.82, 2.24) is 4.90 Å². The highest BCUT2D eigenvalue weighted by Crippen LogP contribution is 2.33. The summed E-state index contributed by atoms with van der Waals surface area (Å²) >= 11 is 6.17. The zero-order valence-corrected chi connectivity index (χ0v) is 21.4. The molecule has 0 aromatic heterocycles. The minimum absolute atomic E-state index is 0.0432. The molecule has 14 heteroatoms. The molecule has 0 bridgehead atoms. The number of hydrogen-bond acceptors (Lipinski definition) is 4. The summed E-state index contributed by atoms with van der Waals surface area (Å²) in [6, 6.07) is 11.8. The molecule has 1 aliphatic heterocycles. The largest absolute Gasteiger partial charge is 0.416 e. The number of carbonyl (C=O) groups is 1. The van der Waals surface area contributed by atoms with Crippen LogP contribution in [0.2, 0.25) is 5.02 Å². The highest BCUT2D eigenvalue weighted by Gasteiger charge is 2.32. The molecule has 3 aromatic carbocycles. The number of rotatable bonds is 5. The Morgan fingerprint density at radius 1 is 0.795 bits per heavy atom. The van der Waals surface area contributed by atoms with Crippen molar-refractivity contribution < 1.29 is 39.6 Å². The summed E-state index contributed by atoms with van der Waals surface area (Å²) in [5, 5.41) is -0.0432. The van der Waals surface area contributed by atoms with Crippen molar-refractivity contribution in [3.8, 4) is 0 Å². The topological polar surface area (TPSA) is 69.7 Å². The summed E-state index contributed by atoms with van der Waals surface area (Å²) in [5.74, 6) is -0.597. The maximum absolute atomic E-state index is 13.2. The third-order valence-corrected chi connectivity index (χ3v) is 7.73. The van der Waals surface area contributed by atoms with E-state index in [2.05, 4.69) is 4.72 Å².